The van der Waals surface area contributed by atoms with Crippen LogP contribution in [0.2, 0.25) is 5.02 Å². The maximum absolute atomic E-state index is 13.7. The monoisotopic (exact) mass is 333 g/mol. The van der Waals surface area contributed by atoms with Gasteiger partial charge in [-0.2, -0.15) is 0 Å². The molecular formula is C12H10ClF2N3O2S. The molecule has 2 rings (SSSR count). The lowest BCUT2D eigenvalue weighted by Gasteiger charge is -2.12. The van der Waals surface area contributed by atoms with Crippen molar-refractivity contribution in [2.24, 2.45) is 5.14 Å². The van der Waals surface area contributed by atoms with Gasteiger partial charge in [-0.15, -0.1) is 0 Å². The number of halogens is 3. The SMILES string of the molecule is Nc1cc(S(N)(=O)=O)ccc1Nc1c(F)cc(F)cc1Cl. The van der Waals surface area contributed by atoms with Crippen molar-refractivity contribution in [2.45, 2.75) is 4.90 Å². The lowest BCUT2D eigenvalue weighted by molar-refractivity contribution is 0.586. The van der Waals surface area contributed by atoms with Crippen LogP contribution in [-0.4, -0.2) is 8.42 Å². The van der Waals surface area contributed by atoms with Crippen LogP contribution in [0, 0.1) is 11.6 Å². The molecule has 2 aromatic rings. The van der Waals surface area contributed by atoms with Gasteiger partial charge in [0.15, 0.2) is 5.82 Å². The summed E-state index contributed by atoms with van der Waals surface area (Å²) in [5.41, 5.74) is 5.72. The van der Waals surface area contributed by atoms with Crippen LogP contribution in [0.15, 0.2) is 35.2 Å². The summed E-state index contributed by atoms with van der Waals surface area (Å²) in [6.07, 6.45) is 0. The van der Waals surface area contributed by atoms with E-state index in [4.69, 9.17) is 22.5 Å². The lowest BCUT2D eigenvalue weighted by Crippen LogP contribution is -2.12. The van der Waals surface area contributed by atoms with Crippen molar-refractivity contribution >= 4 is 38.7 Å². The van der Waals surface area contributed by atoms with Crippen molar-refractivity contribution in [2.75, 3.05) is 11.1 Å². The fraction of sp³-hybridized carbons (Fsp3) is 0. The Morgan fingerprint density at radius 1 is 1.14 bits per heavy atom. The third kappa shape index (κ3) is 3.41. The molecule has 0 saturated heterocycles. The molecule has 0 heterocycles. The number of nitrogens with one attached hydrogen (secondary N) is 1. The van der Waals surface area contributed by atoms with Gasteiger partial charge in [0.2, 0.25) is 10.0 Å². The molecule has 2 aromatic carbocycles. The van der Waals surface area contributed by atoms with Crippen molar-refractivity contribution in [3.8, 4) is 0 Å². The van der Waals surface area contributed by atoms with Crippen LogP contribution >= 0.6 is 11.6 Å². The van der Waals surface area contributed by atoms with Crippen LogP contribution in [0.1, 0.15) is 0 Å². The third-order valence-electron chi connectivity index (χ3n) is 2.62. The number of primary sulfonamides is 1. The van der Waals surface area contributed by atoms with Gasteiger partial charge < -0.3 is 11.1 Å². The summed E-state index contributed by atoms with van der Waals surface area (Å²) in [5, 5.41) is 7.37. The Morgan fingerprint density at radius 3 is 2.33 bits per heavy atom. The molecule has 0 amide bonds. The van der Waals surface area contributed by atoms with E-state index < -0.39 is 21.7 Å². The fourth-order valence-corrected chi connectivity index (χ4v) is 2.42. The molecule has 0 aliphatic heterocycles. The summed E-state index contributed by atoms with van der Waals surface area (Å²) < 4.78 is 49.0. The average molecular weight is 334 g/mol. The predicted octanol–water partition coefficient (Wildman–Crippen LogP) is 2.59. The molecule has 0 bridgehead atoms. The van der Waals surface area contributed by atoms with E-state index in [1.54, 1.807) is 0 Å². The van der Waals surface area contributed by atoms with Crippen LogP contribution in [0.25, 0.3) is 0 Å². The normalized spacial score (nSPS) is 11.4. The minimum Gasteiger partial charge on any atom is -0.397 e. The van der Waals surface area contributed by atoms with Crippen LogP contribution in [-0.2, 0) is 10.0 Å². The van der Waals surface area contributed by atoms with Crippen molar-refractivity contribution in [1.29, 1.82) is 0 Å². The number of sulfonamides is 1. The highest BCUT2D eigenvalue weighted by atomic mass is 35.5. The van der Waals surface area contributed by atoms with Crippen molar-refractivity contribution < 1.29 is 17.2 Å². The van der Waals surface area contributed by atoms with E-state index in [1.807, 2.05) is 0 Å². The number of rotatable bonds is 3. The van der Waals surface area contributed by atoms with Gasteiger partial charge in [0.25, 0.3) is 0 Å². The molecule has 0 fully saturated rings. The van der Waals surface area contributed by atoms with Crippen LogP contribution in [0.5, 0.6) is 0 Å². The van der Waals surface area contributed by atoms with E-state index in [-0.39, 0.29) is 27.0 Å². The Balaban J connectivity index is 2.42. The maximum atomic E-state index is 13.7. The summed E-state index contributed by atoms with van der Waals surface area (Å²) in [7, 11) is -3.89. The molecule has 0 spiro atoms. The van der Waals surface area contributed by atoms with E-state index in [9.17, 15) is 17.2 Å². The van der Waals surface area contributed by atoms with Crippen LogP contribution in [0.4, 0.5) is 25.8 Å². The van der Waals surface area contributed by atoms with E-state index in [1.165, 1.54) is 12.1 Å². The van der Waals surface area contributed by atoms with Gasteiger partial charge in [0.05, 0.1) is 27.0 Å². The fourth-order valence-electron chi connectivity index (χ4n) is 1.63. The van der Waals surface area contributed by atoms with E-state index in [0.29, 0.717) is 6.07 Å². The van der Waals surface area contributed by atoms with Gasteiger partial charge in [-0.3, -0.25) is 0 Å². The second-order valence-electron chi connectivity index (χ2n) is 4.16. The molecule has 5 N–H and O–H groups in total. The third-order valence-corrected chi connectivity index (χ3v) is 3.83. The zero-order valence-corrected chi connectivity index (χ0v) is 12.0. The molecule has 0 aliphatic rings. The van der Waals surface area contributed by atoms with E-state index >= 15 is 0 Å². The molecule has 0 unspecified atom stereocenters. The molecule has 0 aromatic heterocycles. The minimum absolute atomic E-state index is 0.0151. The largest absolute Gasteiger partial charge is 0.397 e. The van der Waals surface area contributed by atoms with Crippen molar-refractivity contribution in [3.63, 3.8) is 0 Å². The van der Waals surface area contributed by atoms with Gasteiger partial charge in [0, 0.05) is 6.07 Å². The van der Waals surface area contributed by atoms with E-state index in [2.05, 4.69) is 5.32 Å². The van der Waals surface area contributed by atoms with Gasteiger partial charge in [-0.05, 0) is 24.3 Å². The quantitative estimate of drug-likeness (QED) is 0.752. The summed E-state index contributed by atoms with van der Waals surface area (Å²) in [5.74, 6) is -1.73. The molecule has 112 valence electrons. The summed E-state index contributed by atoms with van der Waals surface area (Å²) in [6.45, 7) is 0. The van der Waals surface area contributed by atoms with Gasteiger partial charge in [-0.1, -0.05) is 11.6 Å². The first-order valence-electron chi connectivity index (χ1n) is 5.52. The van der Waals surface area contributed by atoms with E-state index in [0.717, 1.165) is 12.1 Å². The average Bonchev–Trinajstić information content (AvgIpc) is 2.33. The first-order valence-corrected chi connectivity index (χ1v) is 7.45. The highest BCUT2D eigenvalue weighted by Crippen LogP contribution is 2.32. The molecule has 0 saturated carbocycles. The molecule has 9 heteroatoms. The van der Waals surface area contributed by atoms with Crippen LogP contribution < -0.4 is 16.2 Å². The lowest BCUT2D eigenvalue weighted by atomic mass is 10.2. The highest BCUT2D eigenvalue weighted by molar-refractivity contribution is 7.89. The number of anilines is 3. The zero-order chi connectivity index (χ0) is 15.8. The van der Waals surface area contributed by atoms with Crippen LogP contribution in [0.3, 0.4) is 0 Å². The Labute approximate surface area is 124 Å². The smallest absolute Gasteiger partial charge is 0.238 e. The van der Waals surface area contributed by atoms with Gasteiger partial charge in [0.1, 0.15) is 5.82 Å². The number of benzene rings is 2. The van der Waals surface area contributed by atoms with Crippen molar-refractivity contribution in [1.82, 2.24) is 0 Å². The molecule has 0 aliphatic carbocycles. The molecular weight excluding hydrogens is 324 g/mol. The Morgan fingerprint density at radius 2 is 1.81 bits per heavy atom. The topological polar surface area (TPSA) is 98.2 Å². The summed E-state index contributed by atoms with van der Waals surface area (Å²) >= 11 is 5.74. The number of hydrogen-bond acceptors (Lipinski definition) is 4. The number of hydrogen-bond donors (Lipinski definition) is 3. The minimum atomic E-state index is -3.89. The Hall–Kier alpha value is -1.90. The first kappa shape index (κ1) is 15.5. The summed E-state index contributed by atoms with van der Waals surface area (Å²) in [6, 6.07) is 5.20. The summed E-state index contributed by atoms with van der Waals surface area (Å²) in [4.78, 5) is -0.184. The standard InChI is InChI=1S/C12H10ClF2N3O2S/c13-8-3-6(14)4-9(15)12(8)18-11-2-1-7(5-10(11)16)21(17,19)20/h1-5,18H,16H2,(H2,17,19,20). The second kappa shape index (κ2) is 5.47. The number of nitrogen functional groups attached to an aromatic ring is 1. The molecule has 0 atom stereocenters. The van der Waals surface area contributed by atoms with Crippen molar-refractivity contribution in [3.05, 3.63) is 47.0 Å². The Kier molecular flexibility index (Phi) is 4.04. The maximum Gasteiger partial charge on any atom is 0.238 e. The Bertz CT molecular complexity index is 789. The molecule has 21 heavy (non-hydrogen) atoms. The highest BCUT2D eigenvalue weighted by Gasteiger charge is 2.14. The zero-order valence-electron chi connectivity index (χ0n) is 10.4. The first-order chi connectivity index (χ1) is 9.68. The number of nitrogens with two attached hydrogens (primary N) is 2. The second-order valence-corrected chi connectivity index (χ2v) is 6.13. The molecule has 0 radical (unpaired) electrons. The predicted molar refractivity (Wildman–Crippen MR) is 76.9 cm³/mol. The van der Waals surface area contributed by atoms with Gasteiger partial charge >= 0.3 is 0 Å². The van der Waals surface area contributed by atoms with Gasteiger partial charge in [-0.25, -0.2) is 22.3 Å². The molecule has 5 nitrogen and oxygen atoms in total.